The zero-order valence-electron chi connectivity index (χ0n) is 17.1. The number of alkyl halides is 14. The molecule has 0 aliphatic carbocycles. The summed E-state index contributed by atoms with van der Waals surface area (Å²) < 4.78 is 198. The summed E-state index contributed by atoms with van der Waals surface area (Å²) in [6.45, 7) is 3.23. The summed E-state index contributed by atoms with van der Waals surface area (Å²) in [5.41, 5.74) is 0.228. The molecule has 0 heterocycles. The first kappa shape index (κ1) is 31.4. The molecule has 1 rings (SSSR count). The van der Waals surface area contributed by atoms with E-state index >= 15 is 0 Å². The molecule has 0 fully saturated rings. The molecule has 0 N–H and O–H groups in total. The summed E-state index contributed by atoms with van der Waals surface area (Å²) in [4.78, 5) is -1.06. The average molecular weight is 581 g/mol. The van der Waals surface area contributed by atoms with E-state index in [0.29, 0.717) is 12.1 Å². The van der Waals surface area contributed by atoms with Crippen LogP contribution in [-0.4, -0.2) is 43.5 Å². The molecule has 0 radical (unpaired) electrons. The molecule has 1 aromatic carbocycles. The smallest absolute Gasteiger partial charge is 0.378 e. The second-order valence-electron chi connectivity index (χ2n) is 7.05. The molecule has 18 heteroatoms. The zero-order chi connectivity index (χ0) is 28.1. The third-order valence-corrected chi connectivity index (χ3v) is 6.97. The topological polar surface area (TPSA) is 43.4 Å². The molecular weight excluding hydrogens is 567 g/mol. The first-order valence-corrected chi connectivity index (χ1v) is 10.8. The molecule has 3 nitrogen and oxygen atoms in total. The predicted molar refractivity (Wildman–Crippen MR) is 94.9 cm³/mol. The lowest BCUT2D eigenvalue weighted by Crippen LogP contribution is -2.71. The van der Waals surface area contributed by atoms with E-state index < -0.39 is 55.9 Å². The maximum atomic E-state index is 13.9. The van der Waals surface area contributed by atoms with Gasteiger partial charge in [-0.05, 0) is 30.5 Å². The van der Waals surface area contributed by atoms with Crippen LogP contribution in [0.25, 0.3) is 0 Å². The van der Waals surface area contributed by atoms with Crippen molar-refractivity contribution in [2.75, 3.05) is 0 Å². The Labute approximate surface area is 194 Å². The van der Waals surface area contributed by atoms with Gasteiger partial charge < -0.3 is 4.18 Å². The Morgan fingerprint density at radius 2 is 1.06 bits per heavy atom. The fourth-order valence-electron chi connectivity index (χ4n) is 2.56. The Morgan fingerprint density at radius 3 is 1.40 bits per heavy atom. The van der Waals surface area contributed by atoms with Gasteiger partial charge in [-0.2, -0.15) is 65.5 Å². The van der Waals surface area contributed by atoms with Crippen molar-refractivity contribution < 1.29 is 69.7 Å². The fourth-order valence-corrected chi connectivity index (χ4v) is 3.60. The van der Waals surface area contributed by atoms with Crippen LogP contribution in [-0.2, 0) is 15.0 Å². The van der Waals surface area contributed by atoms with Gasteiger partial charge in [-0.1, -0.05) is 26.0 Å². The maximum Gasteiger partial charge on any atom is 0.460 e. The molecule has 1 aromatic rings. The first-order valence-electron chi connectivity index (χ1n) is 9.00. The van der Waals surface area contributed by atoms with Gasteiger partial charge in [-0.3, -0.25) is 0 Å². The Kier molecular flexibility index (Phi) is 8.09. The molecule has 0 bridgehead atoms. The summed E-state index contributed by atoms with van der Waals surface area (Å²) in [7, 11) is -7.41. The van der Waals surface area contributed by atoms with Crippen LogP contribution >= 0.6 is 11.6 Å². The van der Waals surface area contributed by atoms with Crippen molar-refractivity contribution in [3.8, 4) is 5.75 Å². The van der Waals surface area contributed by atoms with E-state index in [0.717, 1.165) is 12.1 Å². The quantitative estimate of drug-likeness (QED) is 0.165. The minimum atomic E-state index is -8.26. The Bertz CT molecular complexity index is 1000. The Morgan fingerprint density at radius 1 is 0.686 bits per heavy atom. The molecule has 0 atom stereocenters. The number of hydrogen-bond acceptors (Lipinski definition) is 3. The van der Waals surface area contributed by atoms with Gasteiger partial charge in [0.2, 0.25) is 0 Å². The second-order valence-corrected chi connectivity index (χ2v) is 9.36. The molecule has 0 amide bonds. The van der Waals surface area contributed by atoms with Gasteiger partial charge in [-0.25, -0.2) is 0 Å². The van der Waals surface area contributed by atoms with E-state index in [-0.39, 0.29) is 18.4 Å². The third kappa shape index (κ3) is 4.73. The van der Waals surface area contributed by atoms with E-state index in [1.54, 1.807) is 13.8 Å². The van der Waals surface area contributed by atoms with Crippen molar-refractivity contribution in [3.05, 3.63) is 29.8 Å². The second kappa shape index (κ2) is 9.03. The number of halogens is 14. The highest BCUT2D eigenvalue weighted by atomic mass is 35.5. The average Bonchev–Trinajstić information content (AvgIpc) is 2.71. The van der Waals surface area contributed by atoms with Gasteiger partial charge in [0.05, 0.1) is 4.87 Å². The standard InChI is InChI=1S/C17H14ClF13O3S/c1-3-11(18,4-2)9-5-7-10(8-6-9)34-35(32,33)17(30,31)15(25,26)13(21,22)12(19,20)14(23,24)16(27,28)29/h5-8H,3-4H2,1-2H3. The van der Waals surface area contributed by atoms with Crippen LogP contribution in [0.4, 0.5) is 57.1 Å². The Hall–Kier alpha value is -1.65. The van der Waals surface area contributed by atoms with Crippen LogP contribution in [0.15, 0.2) is 24.3 Å². The van der Waals surface area contributed by atoms with Crippen LogP contribution in [0.2, 0.25) is 0 Å². The van der Waals surface area contributed by atoms with Crippen LogP contribution in [0.3, 0.4) is 0 Å². The van der Waals surface area contributed by atoms with Gasteiger partial charge in [0, 0.05) is 0 Å². The van der Waals surface area contributed by atoms with Crippen LogP contribution in [0.1, 0.15) is 32.3 Å². The lowest BCUT2D eigenvalue weighted by atomic mass is 9.93. The number of benzene rings is 1. The van der Waals surface area contributed by atoms with Gasteiger partial charge in [0.15, 0.2) is 0 Å². The van der Waals surface area contributed by atoms with Gasteiger partial charge in [-0.15, -0.1) is 11.6 Å². The highest BCUT2D eigenvalue weighted by Crippen LogP contribution is 2.61. The van der Waals surface area contributed by atoms with Crippen LogP contribution < -0.4 is 4.18 Å². The molecule has 0 aromatic heterocycles. The normalized spacial score (nSPS) is 15.3. The van der Waals surface area contributed by atoms with E-state index in [1.807, 2.05) is 0 Å². The summed E-state index contributed by atoms with van der Waals surface area (Å²) in [6.07, 6.45) is -7.06. The molecule has 0 aliphatic rings. The number of rotatable bonds is 10. The first-order chi connectivity index (χ1) is 15.3. The highest BCUT2D eigenvalue weighted by Gasteiger charge is 2.93. The fraction of sp³-hybridized carbons (Fsp3) is 0.647. The van der Waals surface area contributed by atoms with Gasteiger partial charge >= 0.3 is 45.2 Å². The maximum absolute atomic E-state index is 13.9. The SMILES string of the molecule is CCC(Cl)(CC)c1ccc(OS(=O)(=O)C(F)(F)C(F)(F)C(F)(F)C(F)(F)C(F)(F)C(F)(F)F)cc1. The minimum Gasteiger partial charge on any atom is -0.378 e. The van der Waals surface area contributed by atoms with Crippen molar-refractivity contribution in [1.29, 1.82) is 0 Å². The summed E-state index contributed by atoms with van der Waals surface area (Å²) in [5, 5.41) is -7.43. The summed E-state index contributed by atoms with van der Waals surface area (Å²) >= 11 is 6.24. The van der Waals surface area contributed by atoms with E-state index in [4.69, 9.17) is 11.6 Å². The van der Waals surface area contributed by atoms with Gasteiger partial charge in [0.25, 0.3) is 0 Å². The largest absolute Gasteiger partial charge is 0.460 e. The molecule has 0 saturated carbocycles. The summed E-state index contributed by atoms with van der Waals surface area (Å²) in [5.74, 6) is -33.8. The molecule has 0 spiro atoms. The van der Waals surface area contributed by atoms with Crippen molar-refractivity contribution in [2.45, 2.75) is 66.7 Å². The van der Waals surface area contributed by atoms with Crippen molar-refractivity contribution in [1.82, 2.24) is 0 Å². The molecule has 0 unspecified atom stereocenters. The van der Waals surface area contributed by atoms with E-state index in [1.165, 1.54) is 0 Å². The number of hydrogen-bond donors (Lipinski definition) is 0. The zero-order valence-corrected chi connectivity index (χ0v) is 18.7. The summed E-state index contributed by atoms with van der Waals surface area (Å²) in [6, 6.07) is 2.98. The lowest BCUT2D eigenvalue weighted by Gasteiger charge is -2.38. The van der Waals surface area contributed by atoms with E-state index in [9.17, 15) is 65.5 Å². The van der Waals surface area contributed by atoms with Crippen LogP contribution in [0, 0.1) is 0 Å². The van der Waals surface area contributed by atoms with Gasteiger partial charge in [0.1, 0.15) is 5.75 Å². The van der Waals surface area contributed by atoms with Crippen molar-refractivity contribution in [2.24, 2.45) is 0 Å². The monoisotopic (exact) mass is 580 g/mol. The molecule has 0 aliphatic heterocycles. The van der Waals surface area contributed by atoms with Crippen LogP contribution in [0.5, 0.6) is 5.75 Å². The lowest BCUT2D eigenvalue weighted by molar-refractivity contribution is -0.433. The van der Waals surface area contributed by atoms with Crippen molar-refractivity contribution in [3.63, 3.8) is 0 Å². The highest BCUT2D eigenvalue weighted by molar-refractivity contribution is 7.88. The molecule has 35 heavy (non-hydrogen) atoms. The minimum absolute atomic E-state index is 0.228. The predicted octanol–water partition coefficient (Wildman–Crippen LogP) is 7.35. The van der Waals surface area contributed by atoms with Crippen molar-refractivity contribution >= 4 is 21.7 Å². The molecular formula is C17H14ClF13O3S. The Balaban J connectivity index is 3.47. The molecule has 0 saturated heterocycles. The van der Waals surface area contributed by atoms with E-state index in [2.05, 4.69) is 4.18 Å². The third-order valence-electron chi connectivity index (χ3n) is 4.92. The molecule has 204 valence electrons.